The summed E-state index contributed by atoms with van der Waals surface area (Å²) in [5.74, 6) is 0.896. The molecule has 16 heavy (non-hydrogen) atoms. The SMILES string of the molecule is N#Cc1cccc(NCCC2CCC2)c1N. The number of anilines is 2. The molecule has 0 bridgehead atoms. The maximum atomic E-state index is 8.85. The topological polar surface area (TPSA) is 61.8 Å². The molecule has 1 saturated carbocycles. The van der Waals surface area contributed by atoms with Gasteiger partial charge in [-0.2, -0.15) is 5.26 Å². The molecular formula is C13H17N3. The molecule has 0 unspecified atom stereocenters. The van der Waals surface area contributed by atoms with Gasteiger partial charge in [-0.15, -0.1) is 0 Å². The van der Waals surface area contributed by atoms with E-state index in [-0.39, 0.29) is 0 Å². The summed E-state index contributed by atoms with van der Waals surface area (Å²) < 4.78 is 0. The maximum absolute atomic E-state index is 8.85. The number of para-hydroxylation sites is 1. The van der Waals surface area contributed by atoms with Crippen LogP contribution in [-0.4, -0.2) is 6.54 Å². The highest BCUT2D eigenvalue weighted by atomic mass is 14.9. The average Bonchev–Trinajstić information content (AvgIpc) is 2.24. The zero-order chi connectivity index (χ0) is 11.4. The van der Waals surface area contributed by atoms with Gasteiger partial charge in [0.15, 0.2) is 0 Å². The van der Waals surface area contributed by atoms with Gasteiger partial charge in [-0.05, 0) is 24.5 Å². The molecule has 0 aliphatic heterocycles. The van der Waals surface area contributed by atoms with E-state index >= 15 is 0 Å². The number of nitriles is 1. The van der Waals surface area contributed by atoms with Crippen molar-refractivity contribution in [2.24, 2.45) is 5.92 Å². The number of rotatable bonds is 4. The van der Waals surface area contributed by atoms with Gasteiger partial charge in [0.1, 0.15) is 6.07 Å². The van der Waals surface area contributed by atoms with Gasteiger partial charge in [-0.25, -0.2) is 0 Å². The quantitative estimate of drug-likeness (QED) is 0.759. The average molecular weight is 215 g/mol. The van der Waals surface area contributed by atoms with Crippen LogP contribution in [0.1, 0.15) is 31.2 Å². The first-order valence-electron chi connectivity index (χ1n) is 5.83. The second kappa shape index (κ2) is 4.89. The Balaban J connectivity index is 1.90. The van der Waals surface area contributed by atoms with Gasteiger partial charge >= 0.3 is 0 Å². The Labute approximate surface area is 96.3 Å². The molecule has 3 N–H and O–H groups in total. The largest absolute Gasteiger partial charge is 0.396 e. The highest BCUT2D eigenvalue weighted by Gasteiger charge is 2.16. The summed E-state index contributed by atoms with van der Waals surface area (Å²) in [6.45, 7) is 0.948. The lowest BCUT2D eigenvalue weighted by Crippen LogP contribution is -2.16. The van der Waals surface area contributed by atoms with Crippen molar-refractivity contribution < 1.29 is 0 Å². The molecule has 2 rings (SSSR count). The van der Waals surface area contributed by atoms with Crippen molar-refractivity contribution in [2.45, 2.75) is 25.7 Å². The Morgan fingerprint density at radius 2 is 2.25 bits per heavy atom. The van der Waals surface area contributed by atoms with Crippen molar-refractivity contribution in [2.75, 3.05) is 17.6 Å². The highest BCUT2D eigenvalue weighted by molar-refractivity contribution is 5.72. The summed E-state index contributed by atoms with van der Waals surface area (Å²) in [6.07, 6.45) is 5.33. The van der Waals surface area contributed by atoms with Crippen LogP contribution in [-0.2, 0) is 0 Å². The van der Waals surface area contributed by atoms with Crippen molar-refractivity contribution in [3.8, 4) is 6.07 Å². The van der Waals surface area contributed by atoms with Crippen LogP contribution in [0.5, 0.6) is 0 Å². The number of nitrogens with one attached hydrogen (secondary N) is 1. The predicted octanol–water partition coefficient (Wildman–Crippen LogP) is 2.74. The fourth-order valence-electron chi connectivity index (χ4n) is 2.01. The molecule has 0 amide bonds. The van der Waals surface area contributed by atoms with Crippen LogP contribution in [0.4, 0.5) is 11.4 Å². The number of hydrogen-bond acceptors (Lipinski definition) is 3. The van der Waals surface area contributed by atoms with E-state index in [1.54, 1.807) is 6.07 Å². The fraction of sp³-hybridized carbons (Fsp3) is 0.462. The van der Waals surface area contributed by atoms with E-state index in [1.165, 1.54) is 25.7 Å². The molecule has 0 spiro atoms. The monoisotopic (exact) mass is 215 g/mol. The van der Waals surface area contributed by atoms with Crippen molar-refractivity contribution in [1.82, 2.24) is 0 Å². The van der Waals surface area contributed by atoms with Gasteiger partial charge in [-0.3, -0.25) is 0 Å². The molecule has 1 aromatic rings. The van der Waals surface area contributed by atoms with E-state index in [0.29, 0.717) is 11.3 Å². The Bertz CT molecular complexity index is 402. The summed E-state index contributed by atoms with van der Waals surface area (Å²) in [5.41, 5.74) is 7.88. The van der Waals surface area contributed by atoms with Crippen molar-refractivity contribution in [3.63, 3.8) is 0 Å². The van der Waals surface area contributed by atoms with Crippen LogP contribution in [0.25, 0.3) is 0 Å². The summed E-state index contributed by atoms with van der Waals surface area (Å²) in [4.78, 5) is 0. The number of nitrogen functional groups attached to an aromatic ring is 1. The maximum Gasteiger partial charge on any atom is 0.101 e. The first-order chi connectivity index (χ1) is 7.81. The van der Waals surface area contributed by atoms with Crippen LogP contribution < -0.4 is 11.1 Å². The minimum Gasteiger partial charge on any atom is -0.396 e. The zero-order valence-electron chi connectivity index (χ0n) is 9.37. The summed E-state index contributed by atoms with van der Waals surface area (Å²) in [5, 5.41) is 12.2. The standard InChI is InChI=1S/C13H17N3/c14-9-11-5-2-6-12(13(11)15)16-8-7-10-3-1-4-10/h2,5-6,10,16H,1,3-4,7-8,15H2. The predicted molar refractivity (Wildman–Crippen MR) is 66.0 cm³/mol. The van der Waals surface area contributed by atoms with Crippen molar-refractivity contribution in [1.29, 1.82) is 5.26 Å². The summed E-state index contributed by atoms with van der Waals surface area (Å²) in [7, 11) is 0. The number of hydrogen-bond donors (Lipinski definition) is 2. The van der Waals surface area contributed by atoms with Gasteiger partial charge in [0.05, 0.1) is 16.9 Å². The third-order valence-corrected chi connectivity index (χ3v) is 3.32. The Morgan fingerprint density at radius 1 is 1.44 bits per heavy atom. The highest BCUT2D eigenvalue weighted by Crippen LogP contribution is 2.29. The Kier molecular flexibility index (Phi) is 3.31. The molecule has 0 atom stereocenters. The number of nitrogens with zero attached hydrogens (tertiary/aromatic N) is 1. The van der Waals surface area contributed by atoms with Crippen molar-refractivity contribution >= 4 is 11.4 Å². The van der Waals surface area contributed by atoms with Crippen LogP contribution >= 0.6 is 0 Å². The van der Waals surface area contributed by atoms with E-state index in [2.05, 4.69) is 11.4 Å². The fourth-order valence-corrected chi connectivity index (χ4v) is 2.01. The second-order valence-corrected chi connectivity index (χ2v) is 4.39. The molecule has 0 saturated heterocycles. The third kappa shape index (κ3) is 2.27. The van der Waals surface area contributed by atoms with Gasteiger partial charge in [-0.1, -0.05) is 25.3 Å². The molecule has 1 aromatic carbocycles. The molecule has 3 nitrogen and oxygen atoms in total. The molecule has 1 aliphatic rings. The molecule has 84 valence electrons. The van der Waals surface area contributed by atoms with Gasteiger partial charge < -0.3 is 11.1 Å². The van der Waals surface area contributed by atoms with E-state index < -0.39 is 0 Å². The van der Waals surface area contributed by atoms with Crippen LogP contribution in [0, 0.1) is 17.2 Å². The molecule has 1 fully saturated rings. The molecule has 3 heteroatoms. The third-order valence-electron chi connectivity index (χ3n) is 3.32. The molecular weight excluding hydrogens is 198 g/mol. The van der Waals surface area contributed by atoms with Gasteiger partial charge in [0, 0.05) is 6.54 Å². The zero-order valence-corrected chi connectivity index (χ0v) is 9.37. The van der Waals surface area contributed by atoms with E-state index in [0.717, 1.165) is 18.2 Å². The lowest BCUT2D eigenvalue weighted by molar-refractivity contribution is 0.303. The van der Waals surface area contributed by atoms with Gasteiger partial charge in [0.25, 0.3) is 0 Å². The number of nitrogens with two attached hydrogens (primary N) is 1. The van der Waals surface area contributed by atoms with Crippen LogP contribution in [0.2, 0.25) is 0 Å². The first kappa shape index (κ1) is 10.8. The van der Waals surface area contributed by atoms with Crippen LogP contribution in [0.15, 0.2) is 18.2 Å². The summed E-state index contributed by atoms with van der Waals surface area (Å²) >= 11 is 0. The lowest BCUT2D eigenvalue weighted by atomic mass is 9.83. The molecule has 0 radical (unpaired) electrons. The van der Waals surface area contributed by atoms with E-state index in [9.17, 15) is 0 Å². The Hall–Kier alpha value is -1.69. The molecule has 0 aromatic heterocycles. The first-order valence-corrected chi connectivity index (χ1v) is 5.83. The minimum absolute atomic E-state index is 0.550. The van der Waals surface area contributed by atoms with Crippen molar-refractivity contribution in [3.05, 3.63) is 23.8 Å². The summed E-state index contributed by atoms with van der Waals surface area (Å²) in [6, 6.07) is 7.62. The number of benzene rings is 1. The normalized spacial score (nSPS) is 15.2. The lowest BCUT2D eigenvalue weighted by Gasteiger charge is -2.25. The second-order valence-electron chi connectivity index (χ2n) is 4.39. The minimum atomic E-state index is 0.550. The Morgan fingerprint density at radius 3 is 2.88 bits per heavy atom. The van der Waals surface area contributed by atoms with E-state index in [4.69, 9.17) is 11.0 Å². The van der Waals surface area contributed by atoms with Crippen LogP contribution in [0.3, 0.4) is 0 Å². The molecule has 0 heterocycles. The molecule has 1 aliphatic carbocycles. The van der Waals surface area contributed by atoms with Gasteiger partial charge in [0.2, 0.25) is 0 Å². The smallest absolute Gasteiger partial charge is 0.101 e. The van der Waals surface area contributed by atoms with E-state index in [1.807, 2.05) is 12.1 Å².